The second-order valence-corrected chi connectivity index (χ2v) is 8.70. The summed E-state index contributed by atoms with van der Waals surface area (Å²) in [5.74, 6) is -0.00340. The quantitative estimate of drug-likeness (QED) is 0.341. The molecule has 0 aliphatic rings. The van der Waals surface area contributed by atoms with E-state index in [2.05, 4.69) is 20.4 Å². The van der Waals surface area contributed by atoms with Gasteiger partial charge in [-0.05, 0) is 64.3 Å². The summed E-state index contributed by atoms with van der Waals surface area (Å²) >= 11 is 0. The van der Waals surface area contributed by atoms with Crippen molar-refractivity contribution in [1.82, 2.24) is 0 Å². The smallest absolute Gasteiger partial charge is 0.338 e. The lowest BCUT2D eigenvalue weighted by Gasteiger charge is -2.46. The number of carbonyl (C=O) groups excluding carboxylic acids is 1. The summed E-state index contributed by atoms with van der Waals surface area (Å²) in [6, 6.07) is 11.8. The Labute approximate surface area is 174 Å². The standard InChI is InChI=1S/C25H34O4/c1-9-25(10-2,29-24(7,8)23(5,6)27)21-19-14-12-11-13-18(19)15-16-20(21)28-22(26)17(3)4/h11-16,27H,3,9-10H2,1-2,4-8H3. The first-order valence-corrected chi connectivity index (χ1v) is 10.2. The predicted octanol–water partition coefficient (Wildman–Crippen LogP) is 5.90. The molecular weight excluding hydrogens is 364 g/mol. The van der Waals surface area contributed by atoms with E-state index in [1.807, 2.05) is 50.2 Å². The highest BCUT2D eigenvalue weighted by atomic mass is 16.6. The normalized spacial score (nSPS) is 12.8. The maximum Gasteiger partial charge on any atom is 0.338 e. The summed E-state index contributed by atoms with van der Waals surface area (Å²) < 4.78 is 12.4. The Hall–Kier alpha value is -2.17. The number of aliphatic hydroxyl groups is 1. The second kappa shape index (κ2) is 8.29. The molecule has 0 bridgehead atoms. The molecule has 29 heavy (non-hydrogen) atoms. The first-order valence-electron chi connectivity index (χ1n) is 10.2. The van der Waals surface area contributed by atoms with Crippen molar-refractivity contribution < 1.29 is 19.4 Å². The van der Waals surface area contributed by atoms with Crippen molar-refractivity contribution in [1.29, 1.82) is 0 Å². The Kier molecular flexibility index (Phi) is 6.61. The van der Waals surface area contributed by atoms with Crippen LogP contribution in [0.3, 0.4) is 0 Å². The summed E-state index contributed by atoms with van der Waals surface area (Å²) in [5.41, 5.74) is -1.50. The van der Waals surface area contributed by atoms with Gasteiger partial charge in [-0.15, -0.1) is 0 Å². The highest BCUT2D eigenvalue weighted by Crippen LogP contribution is 2.47. The van der Waals surface area contributed by atoms with E-state index >= 15 is 0 Å². The van der Waals surface area contributed by atoms with Crippen LogP contribution in [0.1, 0.15) is 66.9 Å². The third-order valence-corrected chi connectivity index (χ3v) is 5.96. The molecule has 2 aromatic rings. The van der Waals surface area contributed by atoms with E-state index in [1.54, 1.807) is 20.8 Å². The number of benzene rings is 2. The van der Waals surface area contributed by atoms with E-state index in [1.165, 1.54) is 0 Å². The monoisotopic (exact) mass is 398 g/mol. The van der Waals surface area contributed by atoms with Crippen molar-refractivity contribution in [3.63, 3.8) is 0 Å². The summed E-state index contributed by atoms with van der Waals surface area (Å²) in [5, 5.41) is 12.7. The second-order valence-electron chi connectivity index (χ2n) is 8.70. The van der Waals surface area contributed by atoms with Gasteiger partial charge in [-0.3, -0.25) is 0 Å². The van der Waals surface area contributed by atoms with Crippen LogP contribution in [0.2, 0.25) is 0 Å². The highest BCUT2D eigenvalue weighted by Gasteiger charge is 2.45. The third kappa shape index (κ3) is 4.54. The number of ether oxygens (including phenoxy) is 2. The molecule has 0 radical (unpaired) electrons. The van der Waals surface area contributed by atoms with Gasteiger partial charge in [0.25, 0.3) is 0 Å². The fourth-order valence-electron chi connectivity index (χ4n) is 3.41. The molecule has 0 aliphatic heterocycles. The molecule has 0 saturated heterocycles. The van der Waals surface area contributed by atoms with E-state index in [-0.39, 0.29) is 0 Å². The van der Waals surface area contributed by atoms with E-state index in [9.17, 15) is 9.90 Å². The molecule has 0 amide bonds. The topological polar surface area (TPSA) is 55.8 Å². The van der Waals surface area contributed by atoms with Crippen LogP contribution in [0.4, 0.5) is 0 Å². The number of hydrogen-bond acceptors (Lipinski definition) is 4. The van der Waals surface area contributed by atoms with Crippen LogP contribution in [-0.4, -0.2) is 22.3 Å². The van der Waals surface area contributed by atoms with Gasteiger partial charge in [0.2, 0.25) is 0 Å². The first kappa shape index (κ1) is 23.1. The molecule has 0 unspecified atom stereocenters. The Bertz CT molecular complexity index is 899. The Morgan fingerprint density at radius 1 is 1.03 bits per heavy atom. The summed E-state index contributed by atoms with van der Waals surface area (Å²) in [6.07, 6.45) is 1.29. The molecule has 0 atom stereocenters. The van der Waals surface area contributed by atoms with Crippen LogP contribution < -0.4 is 4.74 Å². The highest BCUT2D eigenvalue weighted by molar-refractivity contribution is 5.92. The van der Waals surface area contributed by atoms with Crippen molar-refractivity contribution >= 4 is 16.7 Å². The number of esters is 1. The predicted molar refractivity (Wildman–Crippen MR) is 118 cm³/mol. The maximum atomic E-state index is 12.3. The lowest BCUT2D eigenvalue weighted by atomic mass is 9.81. The van der Waals surface area contributed by atoms with Gasteiger partial charge < -0.3 is 14.6 Å². The molecule has 0 fully saturated rings. The summed E-state index contributed by atoms with van der Waals surface area (Å²) in [7, 11) is 0. The van der Waals surface area contributed by atoms with Crippen molar-refractivity contribution in [3.8, 4) is 5.75 Å². The van der Waals surface area contributed by atoms with Gasteiger partial charge in [0.1, 0.15) is 5.75 Å². The largest absolute Gasteiger partial charge is 0.423 e. The SMILES string of the molecule is C=C(C)C(=O)Oc1ccc2ccccc2c1C(CC)(CC)OC(C)(C)C(C)(C)O. The van der Waals surface area contributed by atoms with Gasteiger partial charge >= 0.3 is 5.97 Å². The fourth-order valence-corrected chi connectivity index (χ4v) is 3.41. The minimum absolute atomic E-state index is 0.334. The third-order valence-electron chi connectivity index (χ3n) is 5.96. The molecule has 4 nitrogen and oxygen atoms in total. The van der Waals surface area contributed by atoms with Crippen LogP contribution in [-0.2, 0) is 15.1 Å². The zero-order valence-electron chi connectivity index (χ0n) is 18.8. The van der Waals surface area contributed by atoms with Gasteiger partial charge in [-0.25, -0.2) is 4.79 Å². The van der Waals surface area contributed by atoms with Crippen molar-refractivity contribution in [3.05, 3.63) is 54.1 Å². The Morgan fingerprint density at radius 3 is 2.14 bits per heavy atom. The van der Waals surface area contributed by atoms with Crippen LogP contribution in [0.15, 0.2) is 48.6 Å². The molecule has 0 spiro atoms. The first-order chi connectivity index (χ1) is 13.4. The van der Waals surface area contributed by atoms with E-state index in [0.29, 0.717) is 24.2 Å². The Balaban J connectivity index is 2.79. The van der Waals surface area contributed by atoms with Crippen LogP contribution in [0.5, 0.6) is 5.75 Å². The summed E-state index contributed by atoms with van der Waals surface area (Å²) in [6.45, 7) is 16.7. The average Bonchev–Trinajstić information content (AvgIpc) is 2.65. The average molecular weight is 399 g/mol. The minimum atomic E-state index is -1.07. The number of rotatable bonds is 8. The molecule has 0 aliphatic carbocycles. The lowest BCUT2D eigenvalue weighted by molar-refractivity contribution is -0.221. The van der Waals surface area contributed by atoms with E-state index in [0.717, 1.165) is 16.3 Å². The molecule has 1 N–H and O–H groups in total. The number of fused-ring (bicyclic) bond motifs is 1. The van der Waals surface area contributed by atoms with Gasteiger partial charge in [-0.1, -0.05) is 50.8 Å². The molecule has 2 aromatic carbocycles. The zero-order valence-corrected chi connectivity index (χ0v) is 18.8. The zero-order chi connectivity index (χ0) is 22.0. The molecular formula is C25H34O4. The molecule has 0 saturated carbocycles. The molecule has 2 rings (SSSR count). The van der Waals surface area contributed by atoms with Crippen LogP contribution in [0.25, 0.3) is 10.8 Å². The van der Waals surface area contributed by atoms with E-state index < -0.39 is 22.8 Å². The van der Waals surface area contributed by atoms with Crippen molar-refractivity contribution in [2.45, 2.75) is 78.1 Å². The number of hydrogen-bond donors (Lipinski definition) is 1. The maximum absolute atomic E-state index is 12.3. The molecule has 158 valence electrons. The Morgan fingerprint density at radius 2 is 1.62 bits per heavy atom. The van der Waals surface area contributed by atoms with Crippen molar-refractivity contribution in [2.75, 3.05) is 0 Å². The number of carbonyl (C=O) groups is 1. The molecule has 4 heteroatoms. The van der Waals surface area contributed by atoms with Gasteiger partial charge in [0.15, 0.2) is 0 Å². The molecule has 0 aromatic heterocycles. The lowest BCUT2D eigenvalue weighted by Crippen LogP contribution is -2.52. The van der Waals surface area contributed by atoms with Crippen LogP contribution >= 0.6 is 0 Å². The van der Waals surface area contributed by atoms with Crippen LogP contribution in [0, 0.1) is 0 Å². The minimum Gasteiger partial charge on any atom is -0.423 e. The molecule has 0 heterocycles. The van der Waals surface area contributed by atoms with Gasteiger partial charge in [0, 0.05) is 11.1 Å². The van der Waals surface area contributed by atoms with Gasteiger partial charge in [-0.2, -0.15) is 0 Å². The van der Waals surface area contributed by atoms with E-state index in [4.69, 9.17) is 9.47 Å². The fraction of sp³-hybridized carbons (Fsp3) is 0.480. The van der Waals surface area contributed by atoms with Crippen molar-refractivity contribution in [2.24, 2.45) is 0 Å². The summed E-state index contributed by atoms with van der Waals surface area (Å²) in [4.78, 5) is 12.3. The van der Waals surface area contributed by atoms with Gasteiger partial charge in [0.05, 0.1) is 16.8 Å².